The second-order valence-corrected chi connectivity index (χ2v) is 3.46. The number of rotatable bonds is 3. The largest absolute Gasteiger partial charge is 0.324 e. The molecule has 0 radical (unpaired) electrons. The van der Waals surface area contributed by atoms with Crippen LogP contribution in [-0.4, -0.2) is 6.67 Å². The fourth-order valence-electron chi connectivity index (χ4n) is 1.05. The van der Waals surface area contributed by atoms with E-state index >= 15 is 0 Å². The standard InChI is InChI=1S/C9H11BrFN.ClH/c10-8-4-2-1-3-7(8)9(12)5-6-11;/h1-4,9H,5-6,12H2;1H/t9-;/m0./s1. The molecule has 0 fully saturated rings. The first kappa shape index (κ1) is 12.9. The number of halogens is 3. The third kappa shape index (κ3) is 3.63. The van der Waals surface area contributed by atoms with Crippen molar-refractivity contribution in [1.82, 2.24) is 0 Å². The molecular formula is C9H12BrClFN. The van der Waals surface area contributed by atoms with E-state index in [1.807, 2.05) is 24.3 Å². The summed E-state index contributed by atoms with van der Waals surface area (Å²) in [7, 11) is 0. The van der Waals surface area contributed by atoms with Gasteiger partial charge in [0.2, 0.25) is 0 Å². The summed E-state index contributed by atoms with van der Waals surface area (Å²) < 4.78 is 12.9. The normalized spacial score (nSPS) is 11.9. The highest BCUT2D eigenvalue weighted by Gasteiger charge is 2.07. The van der Waals surface area contributed by atoms with E-state index in [1.165, 1.54) is 0 Å². The van der Waals surface area contributed by atoms with Crippen molar-refractivity contribution in [3.05, 3.63) is 34.3 Å². The molecule has 2 N–H and O–H groups in total. The van der Waals surface area contributed by atoms with Gasteiger partial charge in [-0.15, -0.1) is 12.4 Å². The highest BCUT2D eigenvalue weighted by atomic mass is 79.9. The Morgan fingerprint density at radius 3 is 2.54 bits per heavy atom. The van der Waals surface area contributed by atoms with Crippen LogP contribution < -0.4 is 5.73 Å². The van der Waals surface area contributed by atoms with Gasteiger partial charge in [0.1, 0.15) is 0 Å². The van der Waals surface area contributed by atoms with E-state index in [9.17, 15) is 4.39 Å². The fourth-order valence-corrected chi connectivity index (χ4v) is 1.63. The van der Waals surface area contributed by atoms with Crippen molar-refractivity contribution < 1.29 is 4.39 Å². The van der Waals surface area contributed by atoms with Crippen molar-refractivity contribution in [3.63, 3.8) is 0 Å². The first-order valence-electron chi connectivity index (χ1n) is 3.81. The lowest BCUT2D eigenvalue weighted by molar-refractivity contribution is 0.441. The monoisotopic (exact) mass is 267 g/mol. The van der Waals surface area contributed by atoms with Crippen molar-refractivity contribution in [1.29, 1.82) is 0 Å². The molecule has 0 spiro atoms. The molecule has 13 heavy (non-hydrogen) atoms. The molecule has 0 aliphatic rings. The molecule has 1 aromatic rings. The SMILES string of the molecule is Cl.N[C@@H](CCF)c1ccccc1Br. The maximum Gasteiger partial charge on any atom is 0.0912 e. The van der Waals surface area contributed by atoms with Gasteiger partial charge in [0, 0.05) is 10.5 Å². The summed E-state index contributed by atoms with van der Waals surface area (Å²) in [6.45, 7) is -0.373. The molecule has 0 saturated heterocycles. The predicted molar refractivity (Wildman–Crippen MR) is 58.9 cm³/mol. The Labute approximate surface area is 92.1 Å². The van der Waals surface area contributed by atoms with Crippen LogP contribution in [0.2, 0.25) is 0 Å². The fraction of sp³-hybridized carbons (Fsp3) is 0.333. The van der Waals surface area contributed by atoms with Crippen LogP contribution in [0, 0.1) is 0 Å². The van der Waals surface area contributed by atoms with Crippen LogP contribution in [0.1, 0.15) is 18.0 Å². The lowest BCUT2D eigenvalue weighted by atomic mass is 10.1. The Hall–Kier alpha value is -0.120. The molecule has 74 valence electrons. The maximum atomic E-state index is 12.0. The Kier molecular flexibility index (Phi) is 6.29. The van der Waals surface area contributed by atoms with Crippen molar-refractivity contribution in [2.45, 2.75) is 12.5 Å². The second-order valence-electron chi connectivity index (χ2n) is 2.61. The molecule has 0 heterocycles. The summed E-state index contributed by atoms with van der Waals surface area (Å²) in [5.41, 5.74) is 6.70. The third-order valence-corrected chi connectivity index (χ3v) is 2.45. The molecule has 1 rings (SSSR count). The van der Waals surface area contributed by atoms with E-state index in [1.54, 1.807) is 0 Å². The molecule has 0 amide bonds. The Morgan fingerprint density at radius 2 is 2.00 bits per heavy atom. The molecule has 0 saturated carbocycles. The van der Waals surface area contributed by atoms with Crippen LogP contribution in [-0.2, 0) is 0 Å². The summed E-state index contributed by atoms with van der Waals surface area (Å²) in [5.74, 6) is 0. The topological polar surface area (TPSA) is 26.0 Å². The smallest absolute Gasteiger partial charge is 0.0912 e. The van der Waals surface area contributed by atoms with E-state index in [-0.39, 0.29) is 25.1 Å². The quantitative estimate of drug-likeness (QED) is 0.895. The first-order valence-corrected chi connectivity index (χ1v) is 4.61. The first-order chi connectivity index (χ1) is 5.75. The molecule has 0 unspecified atom stereocenters. The number of hydrogen-bond donors (Lipinski definition) is 1. The molecule has 0 bridgehead atoms. The average Bonchev–Trinajstić information content (AvgIpc) is 2.05. The molecule has 0 aliphatic heterocycles. The van der Waals surface area contributed by atoms with E-state index in [2.05, 4.69) is 15.9 Å². The predicted octanol–water partition coefficient (Wildman–Crippen LogP) is 3.23. The van der Waals surface area contributed by atoms with Gasteiger partial charge in [-0.05, 0) is 18.1 Å². The molecule has 4 heteroatoms. The Bertz CT molecular complexity index is 257. The van der Waals surface area contributed by atoms with Crippen LogP contribution in [0.5, 0.6) is 0 Å². The number of hydrogen-bond acceptors (Lipinski definition) is 1. The number of benzene rings is 1. The minimum absolute atomic E-state index is 0. The van der Waals surface area contributed by atoms with Crippen LogP contribution in [0.15, 0.2) is 28.7 Å². The van der Waals surface area contributed by atoms with Gasteiger partial charge in [-0.1, -0.05) is 34.1 Å². The van der Waals surface area contributed by atoms with E-state index < -0.39 is 0 Å². The number of alkyl halides is 1. The molecule has 1 aromatic carbocycles. The van der Waals surface area contributed by atoms with Crippen LogP contribution >= 0.6 is 28.3 Å². The van der Waals surface area contributed by atoms with E-state index in [0.717, 1.165) is 10.0 Å². The van der Waals surface area contributed by atoms with E-state index in [4.69, 9.17) is 5.73 Å². The average molecular weight is 269 g/mol. The zero-order valence-corrected chi connectivity index (χ0v) is 9.44. The van der Waals surface area contributed by atoms with Crippen molar-refractivity contribution in [2.24, 2.45) is 5.73 Å². The summed E-state index contributed by atoms with van der Waals surface area (Å²) in [6.07, 6.45) is 0.378. The molecule has 0 aliphatic carbocycles. The van der Waals surface area contributed by atoms with E-state index in [0.29, 0.717) is 6.42 Å². The summed E-state index contributed by atoms with van der Waals surface area (Å²) in [6, 6.07) is 7.43. The molecule has 0 aromatic heterocycles. The minimum atomic E-state index is -0.373. The maximum absolute atomic E-state index is 12.0. The zero-order chi connectivity index (χ0) is 8.97. The second kappa shape index (κ2) is 6.35. The van der Waals surface area contributed by atoms with Crippen LogP contribution in [0.3, 0.4) is 0 Å². The van der Waals surface area contributed by atoms with Gasteiger partial charge >= 0.3 is 0 Å². The zero-order valence-electron chi connectivity index (χ0n) is 7.04. The van der Waals surface area contributed by atoms with Gasteiger partial charge in [-0.25, -0.2) is 0 Å². The van der Waals surface area contributed by atoms with Gasteiger partial charge in [-0.3, -0.25) is 4.39 Å². The Morgan fingerprint density at radius 1 is 1.38 bits per heavy atom. The summed E-state index contributed by atoms with van der Waals surface area (Å²) in [4.78, 5) is 0. The molecule has 1 atom stereocenters. The van der Waals surface area contributed by atoms with Gasteiger partial charge in [0.05, 0.1) is 6.67 Å². The highest BCUT2D eigenvalue weighted by molar-refractivity contribution is 9.10. The Balaban J connectivity index is 0.00000144. The highest BCUT2D eigenvalue weighted by Crippen LogP contribution is 2.23. The summed E-state index contributed by atoms with van der Waals surface area (Å²) >= 11 is 3.36. The molecule has 1 nitrogen and oxygen atoms in total. The number of nitrogens with two attached hydrogens (primary N) is 1. The lowest BCUT2D eigenvalue weighted by Gasteiger charge is -2.11. The van der Waals surface area contributed by atoms with Crippen molar-refractivity contribution >= 4 is 28.3 Å². The van der Waals surface area contributed by atoms with Gasteiger partial charge in [-0.2, -0.15) is 0 Å². The van der Waals surface area contributed by atoms with Crippen molar-refractivity contribution in [3.8, 4) is 0 Å². The lowest BCUT2D eigenvalue weighted by Crippen LogP contribution is -2.11. The van der Waals surface area contributed by atoms with Crippen LogP contribution in [0.25, 0.3) is 0 Å². The summed E-state index contributed by atoms with van der Waals surface area (Å²) in [5, 5.41) is 0. The van der Waals surface area contributed by atoms with Gasteiger partial charge in [0.15, 0.2) is 0 Å². The van der Waals surface area contributed by atoms with Gasteiger partial charge < -0.3 is 5.73 Å². The van der Waals surface area contributed by atoms with Crippen molar-refractivity contribution in [2.75, 3.05) is 6.67 Å². The van der Waals surface area contributed by atoms with Crippen LogP contribution in [0.4, 0.5) is 4.39 Å². The van der Waals surface area contributed by atoms with Gasteiger partial charge in [0.25, 0.3) is 0 Å². The molecular weight excluding hydrogens is 256 g/mol. The third-order valence-electron chi connectivity index (χ3n) is 1.72. The minimum Gasteiger partial charge on any atom is -0.324 e.